The molecule has 0 aliphatic rings. The average molecular weight is 317 g/mol. The van der Waals surface area contributed by atoms with Crippen molar-refractivity contribution < 1.29 is 23.5 Å². The minimum Gasteiger partial charge on any atom is -0.484 e. The molecule has 0 fully saturated rings. The number of nitrogens with one attached hydrogen (secondary N) is 1. The van der Waals surface area contributed by atoms with Crippen LogP contribution in [0.3, 0.4) is 0 Å². The zero-order valence-corrected chi connectivity index (χ0v) is 12.5. The number of carbonyl (C=O) groups excluding carboxylic acids is 2. The van der Waals surface area contributed by atoms with Gasteiger partial charge in [0.25, 0.3) is 5.91 Å². The average Bonchev–Trinajstić information content (AvgIpc) is 2.54. The summed E-state index contributed by atoms with van der Waals surface area (Å²) < 4.78 is 22.9. The Balaban J connectivity index is 1.83. The molecule has 0 saturated heterocycles. The number of ether oxygens (including phenoxy) is 2. The van der Waals surface area contributed by atoms with Crippen LogP contribution < -0.4 is 10.1 Å². The summed E-state index contributed by atoms with van der Waals surface area (Å²) in [5.41, 5.74) is 1.15. The Morgan fingerprint density at radius 3 is 2.52 bits per heavy atom. The summed E-state index contributed by atoms with van der Waals surface area (Å²) in [4.78, 5) is 22.9. The van der Waals surface area contributed by atoms with Crippen molar-refractivity contribution in [2.24, 2.45) is 0 Å². The van der Waals surface area contributed by atoms with Gasteiger partial charge < -0.3 is 14.8 Å². The molecule has 23 heavy (non-hydrogen) atoms. The van der Waals surface area contributed by atoms with Gasteiger partial charge in [-0.2, -0.15) is 0 Å². The number of hydrogen-bond acceptors (Lipinski definition) is 4. The molecule has 1 N–H and O–H groups in total. The van der Waals surface area contributed by atoms with Crippen molar-refractivity contribution in [1.29, 1.82) is 0 Å². The molecule has 0 atom stereocenters. The lowest BCUT2D eigenvalue weighted by Crippen LogP contribution is -2.20. The number of halogens is 1. The van der Waals surface area contributed by atoms with E-state index < -0.39 is 11.7 Å². The van der Waals surface area contributed by atoms with E-state index in [2.05, 4.69) is 10.1 Å². The SMILES string of the molecule is COC(=O)Cc1ccc(OCC(=O)Nc2cccc(F)c2)cc1. The number of benzene rings is 2. The zero-order valence-electron chi connectivity index (χ0n) is 12.5. The molecule has 0 aromatic heterocycles. The molecule has 1 amide bonds. The van der Waals surface area contributed by atoms with Crippen LogP contribution in [0.1, 0.15) is 5.56 Å². The van der Waals surface area contributed by atoms with Gasteiger partial charge in [-0.25, -0.2) is 4.39 Å². The van der Waals surface area contributed by atoms with Gasteiger partial charge in [0.1, 0.15) is 11.6 Å². The van der Waals surface area contributed by atoms with Gasteiger partial charge in [-0.05, 0) is 35.9 Å². The third kappa shape index (κ3) is 5.43. The monoisotopic (exact) mass is 317 g/mol. The third-order valence-corrected chi connectivity index (χ3v) is 2.98. The number of amides is 1. The molecule has 0 unspecified atom stereocenters. The van der Waals surface area contributed by atoms with Gasteiger partial charge in [0, 0.05) is 5.69 Å². The van der Waals surface area contributed by atoms with E-state index in [-0.39, 0.29) is 19.0 Å². The second-order valence-corrected chi connectivity index (χ2v) is 4.74. The Bertz CT molecular complexity index is 685. The Labute approximate surface area is 133 Å². The fourth-order valence-corrected chi connectivity index (χ4v) is 1.85. The molecule has 2 aromatic rings. The number of methoxy groups -OCH3 is 1. The topological polar surface area (TPSA) is 64.6 Å². The lowest BCUT2D eigenvalue weighted by atomic mass is 10.1. The molecule has 0 bridgehead atoms. The lowest BCUT2D eigenvalue weighted by molar-refractivity contribution is -0.139. The van der Waals surface area contributed by atoms with Crippen LogP contribution >= 0.6 is 0 Å². The predicted octanol–water partition coefficient (Wildman–Crippen LogP) is 2.56. The summed E-state index contributed by atoms with van der Waals surface area (Å²) in [5.74, 6) is -0.653. The van der Waals surface area contributed by atoms with Gasteiger partial charge in [0.05, 0.1) is 13.5 Å². The summed E-state index contributed by atoms with van der Waals surface area (Å²) in [5, 5.41) is 2.53. The molecule has 0 aliphatic heterocycles. The molecule has 5 nitrogen and oxygen atoms in total. The number of esters is 1. The first-order chi connectivity index (χ1) is 11.1. The molecule has 0 aliphatic carbocycles. The van der Waals surface area contributed by atoms with Crippen LogP contribution in [0.4, 0.5) is 10.1 Å². The fraction of sp³-hybridized carbons (Fsp3) is 0.176. The Kier molecular flexibility index (Phi) is 5.68. The van der Waals surface area contributed by atoms with Gasteiger partial charge >= 0.3 is 5.97 Å². The van der Waals surface area contributed by atoms with E-state index >= 15 is 0 Å². The molecule has 2 rings (SSSR count). The molecule has 0 saturated carbocycles. The second-order valence-electron chi connectivity index (χ2n) is 4.74. The summed E-state index contributed by atoms with van der Waals surface area (Å²) in [7, 11) is 1.33. The molecule has 0 spiro atoms. The highest BCUT2D eigenvalue weighted by atomic mass is 19.1. The highest BCUT2D eigenvalue weighted by Crippen LogP contribution is 2.13. The smallest absolute Gasteiger partial charge is 0.309 e. The number of hydrogen-bond donors (Lipinski definition) is 1. The van der Waals surface area contributed by atoms with Gasteiger partial charge in [0.2, 0.25) is 0 Å². The van der Waals surface area contributed by atoms with Crippen molar-refractivity contribution in [3.05, 3.63) is 59.9 Å². The zero-order chi connectivity index (χ0) is 16.7. The van der Waals surface area contributed by atoms with Crippen molar-refractivity contribution in [2.75, 3.05) is 19.0 Å². The Morgan fingerprint density at radius 2 is 1.87 bits per heavy atom. The van der Waals surface area contributed by atoms with Crippen LogP contribution in [0.2, 0.25) is 0 Å². The number of carbonyl (C=O) groups is 2. The van der Waals surface area contributed by atoms with E-state index in [0.29, 0.717) is 11.4 Å². The maximum Gasteiger partial charge on any atom is 0.309 e. The van der Waals surface area contributed by atoms with E-state index in [9.17, 15) is 14.0 Å². The van der Waals surface area contributed by atoms with Crippen LogP contribution in [-0.4, -0.2) is 25.6 Å². The first-order valence-electron chi connectivity index (χ1n) is 6.91. The summed E-state index contributed by atoms with van der Waals surface area (Å²) >= 11 is 0. The highest BCUT2D eigenvalue weighted by molar-refractivity contribution is 5.91. The van der Waals surface area contributed by atoms with Crippen LogP contribution in [-0.2, 0) is 20.7 Å². The fourth-order valence-electron chi connectivity index (χ4n) is 1.85. The molecular weight excluding hydrogens is 301 g/mol. The minimum atomic E-state index is -0.426. The van der Waals surface area contributed by atoms with Crippen molar-refractivity contribution in [3.8, 4) is 5.75 Å². The molecule has 0 heterocycles. The van der Waals surface area contributed by atoms with Gasteiger partial charge in [0.15, 0.2) is 6.61 Å². The molecular formula is C17H16FNO4. The normalized spacial score (nSPS) is 10.0. The quantitative estimate of drug-likeness (QED) is 0.832. The van der Waals surface area contributed by atoms with E-state index in [1.54, 1.807) is 30.3 Å². The summed E-state index contributed by atoms with van der Waals surface area (Å²) in [6.07, 6.45) is 0.177. The standard InChI is InChI=1S/C17H16FNO4/c1-22-17(21)9-12-5-7-15(8-6-12)23-11-16(20)19-14-4-2-3-13(18)10-14/h2-8,10H,9,11H2,1H3,(H,19,20). The Morgan fingerprint density at radius 1 is 1.13 bits per heavy atom. The van der Waals surface area contributed by atoms with Gasteiger partial charge in [-0.1, -0.05) is 18.2 Å². The van der Waals surface area contributed by atoms with E-state index in [1.807, 2.05) is 0 Å². The van der Waals surface area contributed by atoms with Crippen molar-refractivity contribution >= 4 is 17.6 Å². The van der Waals surface area contributed by atoms with E-state index in [1.165, 1.54) is 25.3 Å². The van der Waals surface area contributed by atoms with Gasteiger partial charge in [-0.3, -0.25) is 9.59 Å². The second kappa shape index (κ2) is 7.93. The molecule has 2 aromatic carbocycles. The van der Waals surface area contributed by atoms with Gasteiger partial charge in [-0.15, -0.1) is 0 Å². The third-order valence-electron chi connectivity index (χ3n) is 2.98. The van der Waals surface area contributed by atoms with Crippen molar-refractivity contribution in [1.82, 2.24) is 0 Å². The van der Waals surface area contributed by atoms with Crippen LogP contribution in [0, 0.1) is 5.82 Å². The Hall–Kier alpha value is -2.89. The van der Waals surface area contributed by atoms with E-state index in [4.69, 9.17) is 4.74 Å². The molecule has 120 valence electrons. The highest BCUT2D eigenvalue weighted by Gasteiger charge is 2.06. The largest absolute Gasteiger partial charge is 0.484 e. The van der Waals surface area contributed by atoms with Crippen LogP contribution in [0.25, 0.3) is 0 Å². The molecule has 6 heteroatoms. The van der Waals surface area contributed by atoms with Crippen molar-refractivity contribution in [3.63, 3.8) is 0 Å². The maximum atomic E-state index is 13.0. The summed E-state index contributed by atoms with van der Waals surface area (Å²) in [6.45, 7) is -0.202. The lowest BCUT2D eigenvalue weighted by Gasteiger charge is -2.08. The van der Waals surface area contributed by atoms with Crippen LogP contribution in [0.15, 0.2) is 48.5 Å². The predicted molar refractivity (Wildman–Crippen MR) is 82.7 cm³/mol. The molecule has 0 radical (unpaired) electrons. The first-order valence-corrected chi connectivity index (χ1v) is 6.91. The van der Waals surface area contributed by atoms with Crippen LogP contribution in [0.5, 0.6) is 5.75 Å². The number of rotatable bonds is 6. The first kappa shape index (κ1) is 16.5. The minimum absolute atomic E-state index is 0.177. The number of anilines is 1. The maximum absolute atomic E-state index is 13.0. The summed E-state index contributed by atoms with van der Waals surface area (Å²) in [6, 6.07) is 12.4. The van der Waals surface area contributed by atoms with Crippen molar-refractivity contribution in [2.45, 2.75) is 6.42 Å². The van der Waals surface area contributed by atoms with E-state index in [0.717, 1.165) is 5.56 Å².